The van der Waals surface area contributed by atoms with Crippen LogP contribution in [-0.4, -0.2) is 37.2 Å². The maximum Gasteiger partial charge on any atom is 0.306 e. The second kappa shape index (κ2) is 70.1. The van der Waals surface area contributed by atoms with E-state index in [1.807, 2.05) is 0 Å². The molecule has 0 saturated carbocycles. The summed E-state index contributed by atoms with van der Waals surface area (Å²) in [7, 11) is 0. The molecule has 0 aliphatic heterocycles. The van der Waals surface area contributed by atoms with Gasteiger partial charge in [0.15, 0.2) is 6.10 Å². The molecule has 474 valence electrons. The molecule has 0 rings (SSSR count). The van der Waals surface area contributed by atoms with E-state index in [0.29, 0.717) is 19.3 Å². The summed E-state index contributed by atoms with van der Waals surface area (Å²) in [6.07, 6.45) is 93.3. The summed E-state index contributed by atoms with van der Waals surface area (Å²) in [5.41, 5.74) is 0. The van der Waals surface area contributed by atoms with E-state index in [1.54, 1.807) is 0 Å². The smallest absolute Gasteiger partial charge is 0.306 e. The molecule has 6 nitrogen and oxygen atoms in total. The Kier molecular flexibility index (Phi) is 67.2. The average molecular weight is 1140 g/mol. The van der Waals surface area contributed by atoms with E-state index in [-0.39, 0.29) is 31.1 Å². The number of unbranched alkanes of at least 4 members (excludes halogenated alkanes) is 40. The average Bonchev–Trinajstić information content (AvgIpc) is 3.47. The maximum absolute atomic E-state index is 12.9. The summed E-state index contributed by atoms with van der Waals surface area (Å²) in [6.45, 7) is 6.53. The molecule has 0 aromatic heterocycles. The lowest BCUT2D eigenvalue weighted by Crippen LogP contribution is -2.30. The molecule has 0 heterocycles. The van der Waals surface area contributed by atoms with E-state index < -0.39 is 6.10 Å². The van der Waals surface area contributed by atoms with Crippen LogP contribution in [-0.2, 0) is 28.6 Å². The molecule has 0 N–H and O–H groups in total. The van der Waals surface area contributed by atoms with Crippen molar-refractivity contribution in [1.82, 2.24) is 0 Å². The molecule has 0 aliphatic carbocycles. The SMILES string of the molecule is CC/C=C\C/C=C\C/C=C\C/C=C\C/C=C\C/C=C\CCCCCCCCCCCCCCC(=O)OCC(COC(=O)CCCCCCC/C=C\CCCC)OC(=O)CCCCCCCCCCCCCCCCCCCCCCCC. The van der Waals surface area contributed by atoms with Gasteiger partial charge in [0.25, 0.3) is 0 Å². The van der Waals surface area contributed by atoms with Gasteiger partial charge in [-0.3, -0.25) is 14.4 Å². The van der Waals surface area contributed by atoms with E-state index in [0.717, 1.165) is 103 Å². The molecule has 0 amide bonds. The predicted octanol–water partition coefficient (Wildman–Crippen LogP) is 24.6. The van der Waals surface area contributed by atoms with Gasteiger partial charge in [-0.25, -0.2) is 0 Å². The third-order valence-corrected chi connectivity index (χ3v) is 15.6. The zero-order valence-corrected chi connectivity index (χ0v) is 54.5. The first kappa shape index (κ1) is 78.6. The summed E-state index contributed by atoms with van der Waals surface area (Å²) < 4.78 is 17.0. The molecule has 0 bridgehead atoms. The highest BCUT2D eigenvalue weighted by Gasteiger charge is 2.19. The number of hydrogen-bond acceptors (Lipinski definition) is 6. The van der Waals surface area contributed by atoms with Crippen LogP contribution in [0.15, 0.2) is 85.1 Å². The first-order valence-electron chi connectivity index (χ1n) is 35.6. The Morgan fingerprint density at radius 3 is 0.793 bits per heavy atom. The minimum absolute atomic E-state index is 0.0758. The molecular weight excluding hydrogens is 1010 g/mol. The van der Waals surface area contributed by atoms with Gasteiger partial charge in [-0.15, -0.1) is 0 Å². The molecule has 0 radical (unpaired) electrons. The first-order valence-corrected chi connectivity index (χ1v) is 35.6. The lowest BCUT2D eigenvalue weighted by atomic mass is 10.0. The van der Waals surface area contributed by atoms with Gasteiger partial charge < -0.3 is 14.2 Å². The van der Waals surface area contributed by atoms with Gasteiger partial charge in [-0.2, -0.15) is 0 Å². The first-order chi connectivity index (χ1) is 40.5. The number of hydrogen-bond donors (Lipinski definition) is 0. The van der Waals surface area contributed by atoms with Gasteiger partial charge in [0.1, 0.15) is 13.2 Å². The minimum Gasteiger partial charge on any atom is -0.462 e. The number of carbonyl (C=O) groups is 3. The third-order valence-electron chi connectivity index (χ3n) is 15.6. The van der Waals surface area contributed by atoms with Crippen molar-refractivity contribution in [3.05, 3.63) is 85.1 Å². The highest BCUT2D eigenvalue weighted by Crippen LogP contribution is 2.18. The van der Waals surface area contributed by atoms with Gasteiger partial charge in [-0.1, -0.05) is 337 Å². The predicted molar refractivity (Wildman–Crippen MR) is 358 cm³/mol. The molecule has 82 heavy (non-hydrogen) atoms. The zero-order chi connectivity index (χ0) is 59.2. The summed E-state index contributed by atoms with van der Waals surface area (Å²) in [5.74, 6) is -0.867. The third kappa shape index (κ3) is 67.4. The van der Waals surface area contributed by atoms with Crippen molar-refractivity contribution < 1.29 is 28.6 Å². The highest BCUT2D eigenvalue weighted by atomic mass is 16.6. The molecule has 0 aromatic rings. The quantitative estimate of drug-likeness (QED) is 0.0261. The molecular formula is C76H134O6. The number of esters is 3. The molecule has 6 heteroatoms. The lowest BCUT2D eigenvalue weighted by molar-refractivity contribution is -0.167. The Labute approximate surface area is 509 Å². The molecule has 1 atom stereocenters. The Hall–Kier alpha value is -3.41. The van der Waals surface area contributed by atoms with Gasteiger partial charge >= 0.3 is 17.9 Å². The molecule has 0 aliphatic rings. The highest BCUT2D eigenvalue weighted by molar-refractivity contribution is 5.71. The van der Waals surface area contributed by atoms with E-state index in [1.165, 1.54) is 218 Å². The second-order valence-corrected chi connectivity index (χ2v) is 23.8. The second-order valence-electron chi connectivity index (χ2n) is 23.8. The van der Waals surface area contributed by atoms with E-state index >= 15 is 0 Å². The van der Waals surface area contributed by atoms with Gasteiger partial charge in [0.2, 0.25) is 0 Å². The Morgan fingerprint density at radius 2 is 0.488 bits per heavy atom. The summed E-state index contributed by atoms with van der Waals surface area (Å²) in [4.78, 5) is 38.4. The van der Waals surface area contributed by atoms with Crippen molar-refractivity contribution in [2.75, 3.05) is 13.2 Å². The number of rotatable bonds is 65. The van der Waals surface area contributed by atoms with Crippen LogP contribution in [0.25, 0.3) is 0 Å². The van der Waals surface area contributed by atoms with Crippen molar-refractivity contribution in [2.24, 2.45) is 0 Å². The van der Waals surface area contributed by atoms with Gasteiger partial charge in [0.05, 0.1) is 0 Å². The molecule has 0 spiro atoms. The topological polar surface area (TPSA) is 78.9 Å². The van der Waals surface area contributed by atoms with Crippen LogP contribution in [0.4, 0.5) is 0 Å². The molecule has 1 unspecified atom stereocenters. The fourth-order valence-corrected chi connectivity index (χ4v) is 10.3. The number of ether oxygens (including phenoxy) is 3. The van der Waals surface area contributed by atoms with Crippen molar-refractivity contribution in [3.8, 4) is 0 Å². The Bertz CT molecular complexity index is 1550. The molecule has 0 saturated heterocycles. The number of carbonyl (C=O) groups excluding carboxylic acids is 3. The van der Waals surface area contributed by atoms with Crippen LogP contribution >= 0.6 is 0 Å². The van der Waals surface area contributed by atoms with Crippen molar-refractivity contribution in [3.63, 3.8) is 0 Å². The van der Waals surface area contributed by atoms with Gasteiger partial charge in [0, 0.05) is 19.3 Å². The van der Waals surface area contributed by atoms with Gasteiger partial charge in [-0.05, 0) is 89.9 Å². The van der Waals surface area contributed by atoms with E-state index in [4.69, 9.17) is 14.2 Å². The summed E-state index contributed by atoms with van der Waals surface area (Å²) >= 11 is 0. The van der Waals surface area contributed by atoms with Crippen molar-refractivity contribution in [1.29, 1.82) is 0 Å². The van der Waals surface area contributed by atoms with Crippen molar-refractivity contribution >= 4 is 17.9 Å². The monoisotopic (exact) mass is 1140 g/mol. The molecule has 0 fully saturated rings. The van der Waals surface area contributed by atoms with Crippen LogP contribution in [0, 0.1) is 0 Å². The van der Waals surface area contributed by atoms with Crippen LogP contribution in [0.5, 0.6) is 0 Å². The van der Waals surface area contributed by atoms with Crippen LogP contribution in [0.2, 0.25) is 0 Å². The maximum atomic E-state index is 12.9. The zero-order valence-electron chi connectivity index (χ0n) is 54.5. The normalized spacial score (nSPS) is 12.6. The largest absolute Gasteiger partial charge is 0.462 e. The number of allylic oxidation sites excluding steroid dienone is 14. The van der Waals surface area contributed by atoms with Crippen molar-refractivity contribution in [2.45, 2.75) is 367 Å². The Balaban J connectivity index is 4.19. The summed E-state index contributed by atoms with van der Waals surface area (Å²) in [6, 6.07) is 0. The standard InChI is InChI=1S/C76H134O6/c1-4-7-10-13-16-19-22-24-26-28-30-32-34-35-36-37-38-39-40-41-42-44-45-47-49-51-54-57-60-63-66-69-75(78)81-72-73(71-80-74(77)68-65-62-59-56-53-21-18-15-12-9-6-3)82-76(79)70-67-64-61-58-55-52-50-48-46-43-33-31-29-27-25-23-20-17-14-11-8-5-2/h7,10,15-16,18-19,24,26,30,32,35-36,38-39,73H,4-6,8-9,11-14,17,20-23,25,27-29,31,33-34,37,40-72H2,1-3H3/b10-7-,18-15-,19-16-,26-24-,32-30-,36-35-,39-38-. The van der Waals surface area contributed by atoms with E-state index in [2.05, 4.69) is 106 Å². The summed E-state index contributed by atoms with van der Waals surface area (Å²) in [5, 5.41) is 0. The van der Waals surface area contributed by atoms with Crippen LogP contribution in [0.1, 0.15) is 361 Å². The Morgan fingerprint density at radius 1 is 0.256 bits per heavy atom. The van der Waals surface area contributed by atoms with Crippen LogP contribution in [0.3, 0.4) is 0 Å². The minimum atomic E-state index is -0.779. The lowest BCUT2D eigenvalue weighted by Gasteiger charge is -2.18. The fourth-order valence-electron chi connectivity index (χ4n) is 10.3. The molecule has 0 aromatic carbocycles. The van der Waals surface area contributed by atoms with Crippen LogP contribution < -0.4 is 0 Å². The van der Waals surface area contributed by atoms with E-state index in [9.17, 15) is 14.4 Å². The fraction of sp³-hybridized carbons (Fsp3) is 0.776.